The van der Waals surface area contributed by atoms with Gasteiger partial charge < -0.3 is 29.8 Å². The molecule has 3 aromatic rings. The molecule has 4 heterocycles. The van der Waals surface area contributed by atoms with E-state index in [0.717, 1.165) is 81.9 Å². The molecule has 0 aliphatic carbocycles. The van der Waals surface area contributed by atoms with E-state index < -0.39 is 0 Å². The lowest BCUT2D eigenvalue weighted by Gasteiger charge is -2.41. The van der Waals surface area contributed by atoms with Crippen molar-refractivity contribution >= 4 is 53.4 Å². The Kier molecular flexibility index (Phi) is 15.7. The van der Waals surface area contributed by atoms with E-state index in [0.29, 0.717) is 54.5 Å². The predicted molar refractivity (Wildman–Crippen MR) is 211 cm³/mol. The number of likely N-dealkylation sites (tertiary alicyclic amines) is 3. The number of anilines is 2. The summed E-state index contributed by atoms with van der Waals surface area (Å²) in [5.74, 6) is 0.630. The molecule has 0 bridgehead atoms. The first-order valence-electron chi connectivity index (χ1n) is 18.4. The maximum atomic E-state index is 12.7. The van der Waals surface area contributed by atoms with Gasteiger partial charge in [-0.25, -0.2) is 14.8 Å². The van der Waals surface area contributed by atoms with Crippen molar-refractivity contribution in [1.29, 1.82) is 0 Å². The molecule has 3 amide bonds. The number of amides is 3. The Morgan fingerprint density at radius 1 is 0.769 bits per heavy atom. The Hall–Kier alpha value is -3.77. The van der Waals surface area contributed by atoms with Crippen LogP contribution in [0.2, 0.25) is 5.02 Å². The van der Waals surface area contributed by atoms with Gasteiger partial charge in [0.2, 0.25) is 5.95 Å². The van der Waals surface area contributed by atoms with Crippen LogP contribution in [0.1, 0.15) is 62.7 Å². The van der Waals surface area contributed by atoms with Gasteiger partial charge in [0.25, 0.3) is 5.91 Å². The summed E-state index contributed by atoms with van der Waals surface area (Å²) in [6.07, 6.45) is 7.03. The second-order valence-electron chi connectivity index (χ2n) is 13.7. The molecule has 6 rings (SSSR count). The van der Waals surface area contributed by atoms with E-state index >= 15 is 0 Å². The molecule has 0 saturated carbocycles. The first kappa shape index (κ1) is 41.0. The molecule has 0 atom stereocenters. The normalized spacial score (nSPS) is 17.1. The van der Waals surface area contributed by atoms with E-state index in [2.05, 4.69) is 62.8 Å². The molecular weight excluding hydrogens is 699 g/mol. The molecular formula is C39H54Cl2N8O3. The number of halogens is 2. The van der Waals surface area contributed by atoms with Gasteiger partial charge in [0.15, 0.2) is 0 Å². The van der Waals surface area contributed by atoms with Gasteiger partial charge in [-0.3, -0.25) is 9.59 Å². The highest BCUT2D eigenvalue weighted by atomic mass is 35.5. The van der Waals surface area contributed by atoms with Crippen molar-refractivity contribution in [2.45, 2.75) is 64.5 Å². The Morgan fingerprint density at radius 3 is 1.79 bits per heavy atom. The number of urea groups is 1. The van der Waals surface area contributed by atoms with Gasteiger partial charge in [-0.15, -0.1) is 12.4 Å². The Bertz CT molecular complexity index is 1550. The summed E-state index contributed by atoms with van der Waals surface area (Å²) < 4.78 is 0. The molecule has 2 aromatic carbocycles. The molecule has 3 saturated heterocycles. The second-order valence-corrected chi connectivity index (χ2v) is 14.1. The van der Waals surface area contributed by atoms with Crippen LogP contribution in [0.25, 0.3) is 11.3 Å². The predicted octanol–water partition coefficient (Wildman–Crippen LogP) is 6.71. The molecule has 0 radical (unpaired) electrons. The van der Waals surface area contributed by atoms with Crippen molar-refractivity contribution in [1.82, 2.24) is 34.5 Å². The second kappa shape index (κ2) is 19.9. The summed E-state index contributed by atoms with van der Waals surface area (Å²) in [7, 11) is 4.38. The fraction of sp³-hybridized carbons (Fsp3) is 0.513. The lowest BCUT2D eigenvalue weighted by molar-refractivity contribution is -0.120. The van der Waals surface area contributed by atoms with Crippen LogP contribution in [-0.4, -0.2) is 131 Å². The minimum absolute atomic E-state index is 0. The first-order valence-corrected chi connectivity index (χ1v) is 18.7. The molecule has 0 unspecified atom stereocenters. The van der Waals surface area contributed by atoms with Crippen molar-refractivity contribution in [3.8, 4) is 11.3 Å². The number of aromatic nitrogens is 2. The molecule has 282 valence electrons. The number of hydrogen-bond acceptors (Lipinski definition) is 8. The maximum absolute atomic E-state index is 12.7. The number of rotatable bonds is 8. The highest BCUT2D eigenvalue weighted by molar-refractivity contribution is 6.30. The van der Waals surface area contributed by atoms with Crippen LogP contribution in [0, 0.1) is 0 Å². The zero-order valence-corrected chi connectivity index (χ0v) is 32.5. The summed E-state index contributed by atoms with van der Waals surface area (Å²) in [5, 5.41) is 3.83. The zero-order valence-electron chi connectivity index (χ0n) is 31.0. The minimum Gasteiger partial charge on any atom is -0.338 e. The van der Waals surface area contributed by atoms with Gasteiger partial charge in [-0.05, 0) is 95.3 Å². The van der Waals surface area contributed by atoms with Crippen LogP contribution in [0.3, 0.4) is 0 Å². The quantitative estimate of drug-likeness (QED) is 0.271. The standard InChI is InChI=1S/C22H19ClN4O2.C17H34N4O.ClH/c23-17-5-1-15(2-6-17)20-9-12-24-22(26-20)25-18-7-3-16(4-8-18)21(29)27-13-10-19(28)11-14-27;1-5-18(3)15-7-11-20(12-8-15)17(22)21-13-9-16(10-14-21)19(4)6-2;/h1-9,12H,10-11,13-14H2,(H,24,25,26);15-16H,5-14H2,1-4H3;1H. The topological polar surface area (TPSA) is 105 Å². The third-order valence-corrected chi connectivity index (χ3v) is 10.8. The SMILES string of the molecule is CCN(C)C1CCN(C(=O)N2CCC(N(C)CC)CC2)CC1.Cl.O=C1CCN(C(=O)c2ccc(Nc3nccc(-c4ccc(Cl)cc4)n3)cc2)CC1. The fourth-order valence-corrected chi connectivity index (χ4v) is 7.01. The van der Waals surface area contributed by atoms with Crippen molar-refractivity contribution in [2.75, 3.05) is 71.8 Å². The summed E-state index contributed by atoms with van der Waals surface area (Å²) in [5.41, 5.74) is 3.11. The van der Waals surface area contributed by atoms with E-state index in [9.17, 15) is 14.4 Å². The average molecular weight is 754 g/mol. The van der Waals surface area contributed by atoms with E-state index in [1.807, 2.05) is 42.5 Å². The zero-order chi connectivity index (χ0) is 36.3. The highest BCUT2D eigenvalue weighted by Gasteiger charge is 2.30. The monoisotopic (exact) mass is 752 g/mol. The summed E-state index contributed by atoms with van der Waals surface area (Å²) in [4.78, 5) is 56.1. The van der Waals surface area contributed by atoms with Crippen LogP contribution in [0.4, 0.5) is 16.4 Å². The maximum Gasteiger partial charge on any atom is 0.320 e. The molecule has 3 aliphatic heterocycles. The molecule has 11 nitrogen and oxygen atoms in total. The largest absolute Gasteiger partial charge is 0.338 e. The molecule has 3 aliphatic rings. The molecule has 3 fully saturated rings. The summed E-state index contributed by atoms with van der Waals surface area (Å²) in [6.45, 7) is 11.3. The number of carbonyl (C=O) groups excluding carboxylic acids is 3. The molecule has 52 heavy (non-hydrogen) atoms. The lowest BCUT2D eigenvalue weighted by atomic mass is 10.0. The van der Waals surface area contributed by atoms with E-state index in [1.54, 1.807) is 23.2 Å². The van der Waals surface area contributed by atoms with Crippen LogP contribution in [0.5, 0.6) is 0 Å². The van der Waals surface area contributed by atoms with E-state index in [1.165, 1.54) is 0 Å². The molecule has 0 spiro atoms. The fourth-order valence-electron chi connectivity index (χ4n) is 6.88. The van der Waals surface area contributed by atoms with Crippen LogP contribution in [0.15, 0.2) is 60.8 Å². The van der Waals surface area contributed by atoms with Gasteiger partial charge in [0, 0.05) is 92.2 Å². The number of benzene rings is 2. The Morgan fingerprint density at radius 2 is 1.29 bits per heavy atom. The average Bonchev–Trinajstić information content (AvgIpc) is 3.18. The van der Waals surface area contributed by atoms with E-state index in [-0.39, 0.29) is 30.1 Å². The van der Waals surface area contributed by atoms with E-state index in [4.69, 9.17) is 11.6 Å². The van der Waals surface area contributed by atoms with Crippen molar-refractivity contribution < 1.29 is 14.4 Å². The number of carbonyl (C=O) groups is 3. The number of nitrogens with one attached hydrogen (secondary N) is 1. The first-order chi connectivity index (χ1) is 24.6. The highest BCUT2D eigenvalue weighted by Crippen LogP contribution is 2.23. The van der Waals surface area contributed by atoms with Gasteiger partial charge in [-0.1, -0.05) is 37.6 Å². The van der Waals surface area contributed by atoms with Gasteiger partial charge in [-0.2, -0.15) is 0 Å². The Balaban J connectivity index is 0.000000237. The smallest absolute Gasteiger partial charge is 0.320 e. The Labute approximate surface area is 320 Å². The summed E-state index contributed by atoms with van der Waals surface area (Å²) in [6, 6.07) is 18.0. The number of piperidine rings is 3. The molecule has 1 aromatic heterocycles. The molecule has 1 N–H and O–H groups in total. The lowest BCUT2D eigenvalue weighted by Crippen LogP contribution is -2.53. The number of Topliss-reactive ketones (excluding diaryl/α,β-unsaturated/α-hetero) is 1. The number of nitrogens with zero attached hydrogens (tertiary/aromatic N) is 7. The minimum atomic E-state index is -0.0509. The third-order valence-electron chi connectivity index (χ3n) is 10.5. The number of ketones is 1. The third kappa shape index (κ3) is 11.1. The van der Waals surface area contributed by atoms with Crippen molar-refractivity contribution in [3.05, 3.63) is 71.4 Å². The van der Waals surface area contributed by atoms with Crippen LogP contribution < -0.4 is 5.32 Å². The van der Waals surface area contributed by atoms with Gasteiger partial charge in [0.05, 0.1) is 5.69 Å². The van der Waals surface area contributed by atoms with Crippen LogP contribution in [-0.2, 0) is 4.79 Å². The van der Waals surface area contributed by atoms with Crippen molar-refractivity contribution in [3.63, 3.8) is 0 Å². The number of hydrogen-bond donors (Lipinski definition) is 1. The van der Waals surface area contributed by atoms with Gasteiger partial charge >= 0.3 is 6.03 Å². The van der Waals surface area contributed by atoms with Crippen LogP contribution >= 0.6 is 24.0 Å². The van der Waals surface area contributed by atoms with Crippen molar-refractivity contribution in [2.24, 2.45) is 0 Å². The van der Waals surface area contributed by atoms with Gasteiger partial charge in [0.1, 0.15) is 5.78 Å². The summed E-state index contributed by atoms with van der Waals surface area (Å²) >= 11 is 5.94. The molecule has 13 heteroatoms.